The topological polar surface area (TPSA) is 200 Å². The largest absolute Gasteiger partial charge is 0.508 e. The quantitative estimate of drug-likeness (QED) is 0.185. The van der Waals surface area contributed by atoms with Crippen molar-refractivity contribution in [3.05, 3.63) is 35.4 Å². The van der Waals surface area contributed by atoms with Crippen LogP contribution in [0.1, 0.15) is 77.7 Å². The Kier molecular flexibility index (Phi) is 9.15. The molecule has 15 atom stereocenters. The summed E-state index contributed by atoms with van der Waals surface area (Å²) in [6, 6.07) is 3.96. The molecule has 0 unspecified atom stereocenters. The lowest BCUT2D eigenvalue weighted by atomic mass is 9.43. The van der Waals surface area contributed by atoms with Crippen LogP contribution in [0.25, 0.3) is 0 Å². The van der Waals surface area contributed by atoms with Crippen molar-refractivity contribution in [2.45, 2.75) is 114 Å². The summed E-state index contributed by atoms with van der Waals surface area (Å²) in [4.78, 5) is 14.3. The zero-order chi connectivity index (χ0) is 35.1. The Hall–Kier alpha value is -2.09. The van der Waals surface area contributed by atoms with E-state index in [4.69, 9.17) is 4.74 Å². The van der Waals surface area contributed by atoms with Gasteiger partial charge in [-0.3, -0.25) is 4.79 Å². The first-order chi connectivity index (χ1) is 22.5. The zero-order valence-electron chi connectivity index (χ0n) is 28.7. The van der Waals surface area contributed by atoms with E-state index in [1.165, 1.54) is 18.2 Å². The van der Waals surface area contributed by atoms with E-state index in [0.29, 0.717) is 24.0 Å². The van der Waals surface area contributed by atoms with E-state index in [9.17, 15) is 45.6 Å². The molecule has 0 amide bonds. The number of aliphatic hydroxyl groups excluding tert-OH is 4. The first-order valence-corrected chi connectivity index (χ1v) is 17.7. The van der Waals surface area contributed by atoms with E-state index in [0.717, 1.165) is 19.0 Å². The van der Waals surface area contributed by atoms with Crippen LogP contribution in [0, 0.1) is 40.4 Å². The van der Waals surface area contributed by atoms with Crippen LogP contribution in [-0.4, -0.2) is 109 Å². The fourth-order valence-corrected chi connectivity index (χ4v) is 11.3. The third-order valence-electron chi connectivity index (χ3n) is 14.0. The molecule has 0 bridgehead atoms. The molecule has 1 aromatic carbocycles. The van der Waals surface area contributed by atoms with Crippen LogP contribution in [0.5, 0.6) is 11.5 Å². The van der Waals surface area contributed by atoms with Crippen molar-refractivity contribution in [2.24, 2.45) is 40.4 Å². The maximum absolute atomic E-state index is 14.3. The average Bonchev–Trinajstić information content (AvgIpc) is 3.43. The minimum atomic E-state index is -1.64. The lowest BCUT2D eigenvalue weighted by Gasteiger charge is -2.62. The summed E-state index contributed by atoms with van der Waals surface area (Å²) in [6.07, 6.45) is -1.67. The first kappa shape index (κ1) is 35.7. The molecule has 268 valence electrons. The second-order valence-electron chi connectivity index (χ2n) is 16.4. The zero-order valence-corrected chi connectivity index (χ0v) is 28.7. The Morgan fingerprint density at radius 3 is 2.35 bits per heavy atom. The third kappa shape index (κ3) is 5.02. The van der Waals surface area contributed by atoms with Crippen molar-refractivity contribution in [1.82, 2.24) is 5.32 Å². The summed E-state index contributed by atoms with van der Waals surface area (Å²) in [6.45, 7) is 8.29. The van der Waals surface area contributed by atoms with Crippen molar-refractivity contribution >= 4 is 5.78 Å². The van der Waals surface area contributed by atoms with Gasteiger partial charge in [0.15, 0.2) is 5.78 Å². The summed E-state index contributed by atoms with van der Waals surface area (Å²) < 4.78 is 6.56. The van der Waals surface area contributed by atoms with Gasteiger partial charge in [-0.1, -0.05) is 27.7 Å². The number of hydrogen-bond acceptors (Lipinski definition) is 11. The molecule has 1 aliphatic heterocycles. The molecule has 48 heavy (non-hydrogen) atoms. The molecule has 3 saturated carbocycles. The number of benzene rings is 1. The highest BCUT2D eigenvalue weighted by Crippen LogP contribution is 2.72. The summed E-state index contributed by atoms with van der Waals surface area (Å²) in [5, 5.41) is 93.4. The van der Waals surface area contributed by atoms with Crippen LogP contribution in [0.4, 0.5) is 0 Å². The summed E-state index contributed by atoms with van der Waals surface area (Å²) in [7, 11) is 1.88. The molecular formula is C37H55NO10. The maximum atomic E-state index is 14.3. The number of phenolic OH excluding ortho intramolecular Hbond substituents is 2. The number of aromatic hydroxyl groups is 2. The van der Waals surface area contributed by atoms with Crippen LogP contribution >= 0.6 is 0 Å². The van der Waals surface area contributed by atoms with Crippen molar-refractivity contribution in [1.29, 1.82) is 0 Å². The molecule has 5 aliphatic rings. The van der Waals surface area contributed by atoms with Crippen molar-refractivity contribution < 1.29 is 50.4 Å². The molecule has 1 heterocycles. The molecule has 1 saturated heterocycles. The standard InChI is InChI=1S/C37H55NO10/c1-18(7-10-38-5)19(2)30(44)33-36(46,9-11-39)32-27(48-33)17-37(47)24-15-25(42)29-28(20-12-21(40)14-22(41)13-20)31(45)26(43)16-34(29,3)23(24)6-8-35(32,37)4/h12-15,18-19,23,26-33,38-41,43-47H,6-11,16-17H2,1-5H3/t18-,19+,23+,26+,27+,28+,29-,30+,31+,32+,33+,34-,35-,36-,37-/m1/s1. The number of aliphatic hydroxyl groups is 6. The van der Waals surface area contributed by atoms with Gasteiger partial charge in [-0.25, -0.2) is 0 Å². The summed E-state index contributed by atoms with van der Waals surface area (Å²) in [5.74, 6) is -3.54. The number of carbonyl (C=O) groups excluding carboxylic acids is 1. The fraction of sp³-hybridized carbons (Fsp3) is 0.757. The number of rotatable bonds is 9. The van der Waals surface area contributed by atoms with Gasteiger partial charge in [0.25, 0.3) is 0 Å². The van der Waals surface area contributed by atoms with Gasteiger partial charge in [-0.15, -0.1) is 0 Å². The molecular weight excluding hydrogens is 618 g/mol. The average molecular weight is 674 g/mol. The van der Waals surface area contributed by atoms with Gasteiger partial charge in [0.1, 0.15) is 23.2 Å². The minimum Gasteiger partial charge on any atom is -0.508 e. The monoisotopic (exact) mass is 673 g/mol. The van der Waals surface area contributed by atoms with Gasteiger partial charge >= 0.3 is 0 Å². The van der Waals surface area contributed by atoms with E-state index in [1.54, 1.807) is 0 Å². The van der Waals surface area contributed by atoms with E-state index < -0.39 is 70.3 Å². The maximum Gasteiger partial charge on any atom is 0.160 e. The molecule has 4 aliphatic carbocycles. The predicted molar refractivity (Wildman–Crippen MR) is 176 cm³/mol. The van der Waals surface area contributed by atoms with E-state index in [1.807, 2.05) is 27.8 Å². The Morgan fingerprint density at radius 2 is 1.73 bits per heavy atom. The van der Waals surface area contributed by atoms with Crippen molar-refractivity contribution in [3.8, 4) is 11.5 Å². The molecule has 1 aromatic rings. The van der Waals surface area contributed by atoms with Gasteiger partial charge in [0, 0.05) is 48.7 Å². The highest BCUT2D eigenvalue weighted by molar-refractivity contribution is 5.96. The van der Waals surface area contributed by atoms with E-state index in [-0.39, 0.29) is 60.9 Å². The van der Waals surface area contributed by atoms with E-state index in [2.05, 4.69) is 12.2 Å². The Bertz CT molecular complexity index is 1420. The first-order valence-electron chi connectivity index (χ1n) is 17.7. The fourth-order valence-electron chi connectivity index (χ4n) is 11.3. The van der Waals surface area contributed by atoms with Crippen LogP contribution in [-0.2, 0) is 9.53 Å². The molecule has 0 spiro atoms. The second-order valence-corrected chi connectivity index (χ2v) is 16.4. The molecule has 0 radical (unpaired) electrons. The number of ether oxygens (including phenoxy) is 1. The number of nitrogens with one attached hydrogen (secondary N) is 1. The highest BCUT2D eigenvalue weighted by Gasteiger charge is 2.76. The smallest absolute Gasteiger partial charge is 0.160 e. The van der Waals surface area contributed by atoms with Gasteiger partial charge in [0.05, 0.1) is 30.0 Å². The summed E-state index contributed by atoms with van der Waals surface area (Å²) in [5.41, 5.74) is -4.17. The Labute approximate surface area is 282 Å². The van der Waals surface area contributed by atoms with Gasteiger partial charge in [0.2, 0.25) is 0 Å². The second kappa shape index (κ2) is 12.3. The van der Waals surface area contributed by atoms with Gasteiger partial charge < -0.3 is 50.9 Å². The molecule has 0 aromatic heterocycles. The van der Waals surface area contributed by atoms with E-state index >= 15 is 0 Å². The number of hydrogen-bond donors (Lipinski definition) is 9. The van der Waals surface area contributed by atoms with Crippen molar-refractivity contribution in [3.63, 3.8) is 0 Å². The SMILES string of the molecule is CNCC[C@@H](C)[C@H](C)[C@H](O)[C@@H]1O[C@H]2C[C@@]3(O)C4=CC(=O)[C@@H]5[C@H](c6cc(O)cc(O)c6)[C@@H](O)[C@@H](O)C[C@]5(C)[C@H]4CC[C@]3(C)[C@H]2[C@]1(O)CCO. The van der Waals surface area contributed by atoms with Gasteiger partial charge in [-0.2, -0.15) is 0 Å². The van der Waals surface area contributed by atoms with Crippen LogP contribution in [0.2, 0.25) is 0 Å². The Morgan fingerprint density at radius 1 is 1.06 bits per heavy atom. The molecule has 11 heteroatoms. The molecule has 6 rings (SSSR count). The van der Waals surface area contributed by atoms with Crippen LogP contribution in [0.3, 0.4) is 0 Å². The third-order valence-corrected chi connectivity index (χ3v) is 14.0. The number of phenols is 2. The van der Waals surface area contributed by atoms with Crippen LogP contribution < -0.4 is 5.32 Å². The lowest BCUT2D eigenvalue weighted by Crippen LogP contribution is -2.64. The minimum absolute atomic E-state index is 0.0388. The Balaban J connectivity index is 1.38. The highest BCUT2D eigenvalue weighted by atomic mass is 16.5. The number of carbonyl (C=O) groups is 1. The van der Waals surface area contributed by atoms with Crippen molar-refractivity contribution in [2.75, 3.05) is 20.2 Å². The molecule has 4 fully saturated rings. The van der Waals surface area contributed by atoms with Gasteiger partial charge in [-0.05, 0) is 91.8 Å². The molecule has 9 N–H and O–H groups in total. The normalized spacial score (nSPS) is 45.4. The number of ketones is 1. The summed E-state index contributed by atoms with van der Waals surface area (Å²) >= 11 is 0. The van der Waals surface area contributed by atoms with Crippen LogP contribution in [0.15, 0.2) is 29.8 Å². The molecule has 11 nitrogen and oxygen atoms in total. The number of fused-ring (bicyclic) bond motifs is 7. The number of allylic oxidation sites excluding steroid dienone is 1. The lowest BCUT2D eigenvalue weighted by molar-refractivity contribution is -0.185. The predicted octanol–water partition coefficient (Wildman–Crippen LogP) is 1.73.